The van der Waals surface area contributed by atoms with Crippen LogP contribution in [0.3, 0.4) is 0 Å². The van der Waals surface area contributed by atoms with E-state index in [4.69, 9.17) is 4.52 Å². The molecule has 0 saturated heterocycles. The lowest BCUT2D eigenvalue weighted by Crippen LogP contribution is -2.41. The van der Waals surface area contributed by atoms with Gasteiger partial charge in [0.25, 0.3) is 0 Å². The van der Waals surface area contributed by atoms with E-state index in [-0.39, 0.29) is 24.0 Å². The van der Waals surface area contributed by atoms with Gasteiger partial charge in [0, 0.05) is 23.6 Å². The first kappa shape index (κ1) is 18.6. The fourth-order valence-corrected chi connectivity index (χ4v) is 3.98. The molecule has 4 rings (SSSR count). The fraction of sp³-hybridized carbons (Fsp3) is 0.409. The van der Waals surface area contributed by atoms with E-state index in [1.165, 1.54) is 0 Å². The Balaban J connectivity index is 1.50. The van der Waals surface area contributed by atoms with Crippen LogP contribution in [0.25, 0.3) is 10.9 Å². The fourth-order valence-electron chi connectivity index (χ4n) is 3.98. The van der Waals surface area contributed by atoms with Crippen LogP contribution in [0.4, 0.5) is 0 Å². The van der Waals surface area contributed by atoms with Gasteiger partial charge in [-0.05, 0) is 56.7 Å². The maximum Gasteiger partial charge on any atom is 0.220 e. The van der Waals surface area contributed by atoms with E-state index >= 15 is 0 Å². The molecule has 3 aromatic rings. The minimum absolute atomic E-state index is 0.0143. The normalized spacial score (nSPS) is 20.0. The molecule has 0 radical (unpaired) electrons. The average molecular weight is 379 g/mol. The lowest BCUT2D eigenvalue weighted by atomic mass is 9.75. The molecule has 0 aliphatic heterocycles. The second-order valence-electron chi connectivity index (χ2n) is 7.69. The van der Waals surface area contributed by atoms with Crippen LogP contribution >= 0.6 is 0 Å². The first-order valence-corrected chi connectivity index (χ1v) is 9.75. The summed E-state index contributed by atoms with van der Waals surface area (Å²) in [4.78, 5) is 17.2. The second kappa shape index (κ2) is 7.72. The number of hydrogen-bond donors (Lipinski definition) is 2. The average Bonchev–Trinajstić information content (AvgIpc) is 2.99. The number of carbonyl (C=O) groups is 1. The molecule has 1 saturated carbocycles. The predicted molar refractivity (Wildman–Crippen MR) is 106 cm³/mol. The Labute approximate surface area is 164 Å². The number of aryl methyl sites for hydroxylation is 2. The van der Waals surface area contributed by atoms with Gasteiger partial charge < -0.3 is 14.9 Å². The van der Waals surface area contributed by atoms with E-state index in [0.717, 1.165) is 33.5 Å². The molecule has 1 atom stereocenters. The molecule has 6 nitrogen and oxygen atoms in total. The van der Waals surface area contributed by atoms with Gasteiger partial charge in [0.1, 0.15) is 5.76 Å². The maximum atomic E-state index is 12.7. The van der Waals surface area contributed by atoms with Gasteiger partial charge in [0.2, 0.25) is 5.91 Å². The molecule has 2 heterocycles. The number of carbonyl (C=O) groups excluding carboxylic acids is 1. The van der Waals surface area contributed by atoms with Crippen LogP contribution in [-0.2, 0) is 11.2 Å². The highest BCUT2D eigenvalue weighted by molar-refractivity contribution is 5.80. The number of pyridine rings is 1. The Kier molecular flexibility index (Phi) is 5.13. The minimum atomic E-state index is -0.278. The number of nitrogens with zero attached hydrogens (tertiary/aromatic N) is 2. The van der Waals surface area contributed by atoms with E-state index < -0.39 is 0 Å². The Morgan fingerprint density at radius 1 is 1.32 bits per heavy atom. The molecule has 2 aromatic heterocycles. The summed E-state index contributed by atoms with van der Waals surface area (Å²) in [7, 11) is 0. The zero-order valence-electron chi connectivity index (χ0n) is 16.2. The lowest BCUT2D eigenvalue weighted by Gasteiger charge is -2.38. The summed E-state index contributed by atoms with van der Waals surface area (Å²) in [6, 6.07) is 9.90. The van der Waals surface area contributed by atoms with Crippen LogP contribution in [0.15, 0.2) is 41.1 Å². The molecule has 1 fully saturated rings. The number of nitrogens with one attached hydrogen (secondary N) is 1. The molecule has 1 amide bonds. The highest BCUT2D eigenvalue weighted by Crippen LogP contribution is 2.38. The number of aromatic nitrogens is 2. The molecule has 0 bridgehead atoms. The Hall–Kier alpha value is -2.73. The first-order valence-electron chi connectivity index (χ1n) is 9.75. The van der Waals surface area contributed by atoms with Crippen molar-refractivity contribution in [3.05, 3.63) is 59.1 Å². The number of rotatable bonds is 6. The highest BCUT2D eigenvalue weighted by atomic mass is 16.5. The van der Waals surface area contributed by atoms with E-state index in [1.807, 2.05) is 44.3 Å². The van der Waals surface area contributed by atoms with Gasteiger partial charge in [-0.1, -0.05) is 23.4 Å². The molecule has 6 heteroatoms. The predicted octanol–water partition coefficient (Wildman–Crippen LogP) is 3.40. The maximum absolute atomic E-state index is 12.7. The van der Waals surface area contributed by atoms with Crippen LogP contribution in [0.1, 0.15) is 47.9 Å². The van der Waals surface area contributed by atoms with Crippen LogP contribution in [0.5, 0.6) is 0 Å². The number of aliphatic hydroxyl groups is 1. The third-order valence-corrected chi connectivity index (χ3v) is 5.69. The molecule has 1 aromatic carbocycles. The highest BCUT2D eigenvalue weighted by Gasteiger charge is 2.35. The van der Waals surface area contributed by atoms with Crippen LogP contribution < -0.4 is 5.32 Å². The summed E-state index contributed by atoms with van der Waals surface area (Å²) >= 11 is 0. The molecule has 146 valence electrons. The number of benzene rings is 1. The van der Waals surface area contributed by atoms with Gasteiger partial charge in [-0.3, -0.25) is 9.78 Å². The van der Waals surface area contributed by atoms with Crippen LogP contribution in [-0.4, -0.2) is 27.3 Å². The van der Waals surface area contributed by atoms with E-state index in [9.17, 15) is 9.90 Å². The van der Waals surface area contributed by atoms with E-state index in [0.29, 0.717) is 25.7 Å². The largest absolute Gasteiger partial charge is 0.393 e. The molecular formula is C22H25N3O3. The summed E-state index contributed by atoms with van der Waals surface area (Å²) in [5.41, 5.74) is 3.76. The molecule has 0 unspecified atom stereocenters. The van der Waals surface area contributed by atoms with Crippen molar-refractivity contribution < 1.29 is 14.4 Å². The summed E-state index contributed by atoms with van der Waals surface area (Å²) in [6.45, 7) is 3.76. The van der Waals surface area contributed by atoms with Gasteiger partial charge in [-0.15, -0.1) is 0 Å². The monoisotopic (exact) mass is 379 g/mol. The Morgan fingerprint density at radius 3 is 2.82 bits per heavy atom. The standard InChI is InChI=1S/C22H25N3O3/c1-13-19(14(2)28-25-13)7-8-21(27)24-22(16-10-18(26)11-16)17-9-15-5-3-4-6-20(15)23-12-17/h3-6,9,12,16,18,22,26H,7-8,10-11H2,1-2H3,(H,24,27)/t16?,18?,22-/m0/s1. The van der Waals surface area contributed by atoms with Crippen molar-refractivity contribution in [2.24, 2.45) is 5.92 Å². The van der Waals surface area contributed by atoms with E-state index in [1.54, 1.807) is 0 Å². The topological polar surface area (TPSA) is 88.3 Å². The Bertz CT molecular complexity index is 972. The van der Waals surface area contributed by atoms with Crippen molar-refractivity contribution in [1.82, 2.24) is 15.5 Å². The second-order valence-corrected chi connectivity index (χ2v) is 7.69. The summed E-state index contributed by atoms with van der Waals surface area (Å²) in [6.07, 6.45) is 3.92. The Morgan fingerprint density at radius 2 is 2.11 bits per heavy atom. The van der Waals surface area contributed by atoms with Gasteiger partial charge in [0.05, 0.1) is 23.4 Å². The first-order chi connectivity index (χ1) is 13.5. The summed E-state index contributed by atoms with van der Waals surface area (Å²) in [5.74, 6) is 0.975. The van der Waals surface area contributed by atoms with Crippen LogP contribution in [0.2, 0.25) is 0 Å². The number of aliphatic hydroxyl groups excluding tert-OH is 1. The zero-order chi connectivity index (χ0) is 19.7. The molecular weight excluding hydrogens is 354 g/mol. The number of para-hydroxylation sites is 1. The molecule has 0 spiro atoms. The van der Waals surface area contributed by atoms with E-state index in [2.05, 4.69) is 21.5 Å². The lowest BCUT2D eigenvalue weighted by molar-refractivity contribution is -0.123. The van der Waals surface area contributed by atoms with Crippen molar-refractivity contribution in [3.63, 3.8) is 0 Å². The summed E-state index contributed by atoms with van der Waals surface area (Å²) < 4.78 is 5.18. The minimum Gasteiger partial charge on any atom is -0.393 e. The van der Waals surface area contributed by atoms with Crippen molar-refractivity contribution in [3.8, 4) is 0 Å². The number of fused-ring (bicyclic) bond motifs is 1. The van der Waals surface area contributed by atoms with Crippen molar-refractivity contribution in [2.75, 3.05) is 0 Å². The van der Waals surface area contributed by atoms with Crippen molar-refractivity contribution in [2.45, 2.75) is 51.7 Å². The molecule has 2 N–H and O–H groups in total. The molecule has 1 aliphatic carbocycles. The smallest absolute Gasteiger partial charge is 0.220 e. The van der Waals surface area contributed by atoms with Gasteiger partial charge >= 0.3 is 0 Å². The number of amides is 1. The number of hydrogen-bond acceptors (Lipinski definition) is 5. The SMILES string of the molecule is Cc1noc(C)c1CCC(=O)N[C@H](c1cnc2ccccc2c1)C1CC(O)C1. The summed E-state index contributed by atoms with van der Waals surface area (Å²) in [5, 5.41) is 17.9. The van der Waals surface area contributed by atoms with Crippen molar-refractivity contribution in [1.29, 1.82) is 0 Å². The van der Waals surface area contributed by atoms with Crippen LogP contribution in [0, 0.1) is 19.8 Å². The molecule has 28 heavy (non-hydrogen) atoms. The quantitative estimate of drug-likeness (QED) is 0.685. The van der Waals surface area contributed by atoms with Gasteiger partial charge in [0.15, 0.2) is 0 Å². The third-order valence-electron chi connectivity index (χ3n) is 5.69. The molecule has 1 aliphatic rings. The van der Waals surface area contributed by atoms with Crippen molar-refractivity contribution >= 4 is 16.8 Å². The third kappa shape index (κ3) is 3.78. The van der Waals surface area contributed by atoms with Gasteiger partial charge in [-0.2, -0.15) is 0 Å². The zero-order valence-corrected chi connectivity index (χ0v) is 16.2. The van der Waals surface area contributed by atoms with Gasteiger partial charge in [-0.25, -0.2) is 0 Å².